The van der Waals surface area contributed by atoms with E-state index in [4.69, 9.17) is 4.74 Å². The van der Waals surface area contributed by atoms with Crippen molar-refractivity contribution < 1.29 is 9.53 Å². The molecule has 0 aliphatic carbocycles. The number of halogens is 1. The average Bonchev–Trinajstić information content (AvgIpc) is 2.47. The van der Waals surface area contributed by atoms with E-state index in [1.165, 1.54) is 5.56 Å². The zero-order chi connectivity index (χ0) is 16.2. The van der Waals surface area contributed by atoms with Crippen LogP contribution >= 0.6 is 15.9 Å². The van der Waals surface area contributed by atoms with E-state index in [0.717, 1.165) is 10.2 Å². The number of anilines is 1. The summed E-state index contributed by atoms with van der Waals surface area (Å²) in [5, 5.41) is 2.79. The number of hydrogen-bond acceptors (Lipinski definition) is 2. The molecule has 0 saturated heterocycles. The van der Waals surface area contributed by atoms with Crippen LogP contribution in [-0.2, 0) is 10.2 Å². The SMILES string of the molecule is CC(C)(C)c1ccc(OCC(=O)Nc2ccc(Br)cc2)cc1. The first-order valence-corrected chi connectivity index (χ1v) is 7.93. The Balaban J connectivity index is 1.87. The van der Waals surface area contributed by atoms with E-state index in [0.29, 0.717) is 5.75 Å². The molecular formula is C18H20BrNO2. The Morgan fingerprint density at radius 1 is 1.05 bits per heavy atom. The molecule has 4 heteroatoms. The highest BCUT2D eigenvalue weighted by molar-refractivity contribution is 9.10. The molecule has 0 saturated carbocycles. The van der Waals surface area contributed by atoms with Crippen molar-refractivity contribution in [1.29, 1.82) is 0 Å². The van der Waals surface area contributed by atoms with Crippen LogP contribution in [-0.4, -0.2) is 12.5 Å². The molecule has 0 fully saturated rings. The van der Waals surface area contributed by atoms with Crippen LogP contribution in [0.1, 0.15) is 26.3 Å². The van der Waals surface area contributed by atoms with E-state index < -0.39 is 0 Å². The highest BCUT2D eigenvalue weighted by Gasteiger charge is 2.13. The van der Waals surface area contributed by atoms with Gasteiger partial charge in [0.25, 0.3) is 5.91 Å². The quantitative estimate of drug-likeness (QED) is 0.851. The van der Waals surface area contributed by atoms with Crippen LogP contribution in [0, 0.1) is 0 Å². The summed E-state index contributed by atoms with van der Waals surface area (Å²) < 4.78 is 6.48. The van der Waals surface area contributed by atoms with Gasteiger partial charge in [-0.05, 0) is 47.4 Å². The molecule has 3 nitrogen and oxygen atoms in total. The second-order valence-electron chi connectivity index (χ2n) is 6.12. The molecule has 0 aliphatic rings. The maximum absolute atomic E-state index is 11.8. The molecule has 2 aromatic carbocycles. The first-order valence-electron chi connectivity index (χ1n) is 7.13. The van der Waals surface area contributed by atoms with Gasteiger partial charge >= 0.3 is 0 Å². The van der Waals surface area contributed by atoms with Crippen molar-refractivity contribution in [3.63, 3.8) is 0 Å². The van der Waals surface area contributed by atoms with Crippen LogP contribution in [0.3, 0.4) is 0 Å². The van der Waals surface area contributed by atoms with Crippen molar-refractivity contribution >= 4 is 27.5 Å². The summed E-state index contributed by atoms with van der Waals surface area (Å²) in [6.07, 6.45) is 0. The number of carbonyl (C=O) groups is 1. The number of amides is 1. The maximum Gasteiger partial charge on any atom is 0.262 e. The van der Waals surface area contributed by atoms with E-state index in [-0.39, 0.29) is 17.9 Å². The fourth-order valence-corrected chi connectivity index (χ4v) is 2.19. The van der Waals surface area contributed by atoms with Crippen molar-refractivity contribution in [2.45, 2.75) is 26.2 Å². The Labute approximate surface area is 139 Å². The van der Waals surface area contributed by atoms with Gasteiger partial charge in [-0.1, -0.05) is 48.8 Å². The third kappa shape index (κ3) is 4.88. The maximum atomic E-state index is 11.8. The number of hydrogen-bond donors (Lipinski definition) is 1. The lowest BCUT2D eigenvalue weighted by atomic mass is 9.87. The lowest BCUT2D eigenvalue weighted by Gasteiger charge is -2.19. The molecule has 0 bridgehead atoms. The van der Waals surface area contributed by atoms with Crippen molar-refractivity contribution in [2.75, 3.05) is 11.9 Å². The molecule has 0 heterocycles. The van der Waals surface area contributed by atoms with Gasteiger partial charge in [-0.2, -0.15) is 0 Å². The Kier molecular flexibility index (Phi) is 5.24. The Morgan fingerprint density at radius 3 is 2.18 bits per heavy atom. The normalized spacial score (nSPS) is 11.1. The van der Waals surface area contributed by atoms with Gasteiger partial charge in [0.1, 0.15) is 5.75 Å². The molecule has 2 aromatic rings. The van der Waals surface area contributed by atoms with Crippen molar-refractivity contribution in [2.24, 2.45) is 0 Å². The summed E-state index contributed by atoms with van der Waals surface area (Å²) in [6, 6.07) is 15.3. The van der Waals surface area contributed by atoms with Gasteiger partial charge in [0, 0.05) is 10.2 Å². The van der Waals surface area contributed by atoms with Gasteiger partial charge in [-0.25, -0.2) is 0 Å². The predicted molar refractivity (Wildman–Crippen MR) is 93.4 cm³/mol. The number of carbonyl (C=O) groups excluding carboxylic acids is 1. The van der Waals surface area contributed by atoms with Crippen LogP contribution in [0.2, 0.25) is 0 Å². The van der Waals surface area contributed by atoms with Gasteiger partial charge < -0.3 is 10.1 Å². The summed E-state index contributed by atoms with van der Waals surface area (Å²) in [5.74, 6) is 0.515. The van der Waals surface area contributed by atoms with Gasteiger partial charge in [0.2, 0.25) is 0 Å². The molecule has 0 spiro atoms. The predicted octanol–water partition coefficient (Wildman–Crippen LogP) is 4.76. The minimum Gasteiger partial charge on any atom is -0.484 e. The van der Waals surface area contributed by atoms with E-state index >= 15 is 0 Å². The highest BCUT2D eigenvalue weighted by atomic mass is 79.9. The van der Waals surface area contributed by atoms with Crippen LogP contribution < -0.4 is 10.1 Å². The zero-order valence-electron chi connectivity index (χ0n) is 13.0. The smallest absolute Gasteiger partial charge is 0.262 e. The standard InChI is InChI=1S/C18H20BrNO2/c1-18(2,3)13-4-10-16(11-5-13)22-12-17(21)20-15-8-6-14(19)7-9-15/h4-11H,12H2,1-3H3,(H,20,21). The molecule has 0 radical (unpaired) electrons. The second-order valence-corrected chi connectivity index (χ2v) is 7.03. The zero-order valence-corrected chi connectivity index (χ0v) is 14.6. The van der Waals surface area contributed by atoms with Gasteiger partial charge in [0.05, 0.1) is 0 Å². The fourth-order valence-electron chi connectivity index (χ4n) is 1.93. The molecule has 1 N–H and O–H groups in total. The average molecular weight is 362 g/mol. The molecule has 2 rings (SSSR count). The molecule has 1 amide bonds. The van der Waals surface area contributed by atoms with Gasteiger partial charge in [-0.3, -0.25) is 4.79 Å². The molecule has 0 aromatic heterocycles. The molecule has 0 aliphatic heterocycles. The van der Waals surface area contributed by atoms with Crippen LogP contribution in [0.4, 0.5) is 5.69 Å². The first kappa shape index (κ1) is 16.6. The molecule has 0 atom stereocenters. The monoisotopic (exact) mass is 361 g/mol. The van der Waals surface area contributed by atoms with Crippen LogP contribution in [0.5, 0.6) is 5.75 Å². The molecule has 22 heavy (non-hydrogen) atoms. The summed E-state index contributed by atoms with van der Waals surface area (Å²) in [7, 11) is 0. The van der Waals surface area contributed by atoms with Crippen LogP contribution in [0.25, 0.3) is 0 Å². The summed E-state index contributed by atoms with van der Waals surface area (Å²) in [4.78, 5) is 11.8. The molecular weight excluding hydrogens is 342 g/mol. The van der Waals surface area contributed by atoms with Crippen molar-refractivity contribution in [1.82, 2.24) is 0 Å². The first-order chi connectivity index (χ1) is 10.3. The topological polar surface area (TPSA) is 38.3 Å². The second kappa shape index (κ2) is 6.97. The van der Waals surface area contributed by atoms with E-state index in [1.54, 1.807) is 0 Å². The lowest BCUT2D eigenvalue weighted by molar-refractivity contribution is -0.118. The largest absolute Gasteiger partial charge is 0.484 e. The van der Waals surface area contributed by atoms with E-state index in [1.807, 2.05) is 48.5 Å². The molecule has 116 valence electrons. The number of nitrogens with one attached hydrogen (secondary N) is 1. The van der Waals surface area contributed by atoms with E-state index in [2.05, 4.69) is 42.0 Å². The van der Waals surface area contributed by atoms with E-state index in [9.17, 15) is 4.79 Å². The molecule has 0 unspecified atom stereocenters. The summed E-state index contributed by atoms with van der Waals surface area (Å²) in [6.45, 7) is 6.47. The number of benzene rings is 2. The summed E-state index contributed by atoms with van der Waals surface area (Å²) in [5.41, 5.74) is 2.09. The third-order valence-electron chi connectivity index (χ3n) is 3.22. The minimum absolute atomic E-state index is 0.00900. The summed E-state index contributed by atoms with van der Waals surface area (Å²) >= 11 is 3.36. The van der Waals surface area contributed by atoms with Crippen LogP contribution in [0.15, 0.2) is 53.0 Å². The third-order valence-corrected chi connectivity index (χ3v) is 3.75. The lowest BCUT2D eigenvalue weighted by Crippen LogP contribution is -2.20. The number of ether oxygens (including phenoxy) is 1. The van der Waals surface area contributed by atoms with Crippen molar-refractivity contribution in [3.8, 4) is 5.75 Å². The van der Waals surface area contributed by atoms with Gasteiger partial charge in [0.15, 0.2) is 6.61 Å². The minimum atomic E-state index is -0.178. The number of rotatable bonds is 4. The fraction of sp³-hybridized carbons (Fsp3) is 0.278. The Morgan fingerprint density at radius 2 is 1.64 bits per heavy atom. The highest BCUT2D eigenvalue weighted by Crippen LogP contribution is 2.24. The van der Waals surface area contributed by atoms with Gasteiger partial charge in [-0.15, -0.1) is 0 Å². The Bertz CT molecular complexity index is 628. The van der Waals surface area contributed by atoms with Crippen molar-refractivity contribution in [3.05, 3.63) is 58.6 Å². The Hall–Kier alpha value is -1.81.